The molecule has 0 aromatic heterocycles. The fourth-order valence-corrected chi connectivity index (χ4v) is 4.70. The summed E-state index contributed by atoms with van der Waals surface area (Å²) in [5.41, 5.74) is 2.12. The zero-order chi connectivity index (χ0) is 18.3. The van der Waals surface area contributed by atoms with Crippen molar-refractivity contribution < 1.29 is 19.7 Å². The van der Waals surface area contributed by atoms with Gasteiger partial charge in [-0.3, -0.25) is 4.79 Å². The second kappa shape index (κ2) is 7.26. The van der Waals surface area contributed by atoms with E-state index in [2.05, 4.69) is 63.7 Å². The van der Waals surface area contributed by atoms with Crippen LogP contribution in [-0.4, -0.2) is 16.5 Å². The van der Waals surface area contributed by atoms with Crippen LogP contribution in [0.3, 0.4) is 0 Å². The van der Waals surface area contributed by atoms with E-state index in [0.29, 0.717) is 41.1 Å². The molecule has 128 valence electrons. The van der Waals surface area contributed by atoms with Gasteiger partial charge < -0.3 is 14.9 Å². The summed E-state index contributed by atoms with van der Waals surface area (Å²) in [6.45, 7) is 0. The van der Waals surface area contributed by atoms with Crippen LogP contribution in [0.5, 0.6) is 11.5 Å². The maximum absolute atomic E-state index is 11.2. The highest BCUT2D eigenvalue weighted by atomic mass is 79.9. The maximum atomic E-state index is 11.2. The topological polar surface area (TPSA) is 66.8 Å². The molecule has 0 amide bonds. The third kappa shape index (κ3) is 3.58. The van der Waals surface area contributed by atoms with Gasteiger partial charge in [-0.15, -0.1) is 0 Å². The van der Waals surface area contributed by atoms with Gasteiger partial charge >= 0.3 is 0 Å². The molecule has 1 aliphatic heterocycles. The van der Waals surface area contributed by atoms with Crippen molar-refractivity contribution in [3.63, 3.8) is 0 Å². The van der Waals surface area contributed by atoms with Gasteiger partial charge in [0.15, 0.2) is 12.0 Å². The summed E-state index contributed by atoms with van der Waals surface area (Å²) in [5.74, 6) is 0.908. The van der Waals surface area contributed by atoms with Crippen LogP contribution in [0.25, 0.3) is 11.6 Å². The summed E-state index contributed by atoms with van der Waals surface area (Å²) in [7, 11) is 0. The molecular weight excluding hydrogens is 588 g/mol. The predicted molar refractivity (Wildman–Crippen MR) is 109 cm³/mol. The number of halogens is 4. The van der Waals surface area contributed by atoms with Crippen LogP contribution in [0.4, 0.5) is 0 Å². The van der Waals surface area contributed by atoms with Crippen molar-refractivity contribution in [3.8, 4) is 11.5 Å². The van der Waals surface area contributed by atoms with Gasteiger partial charge in [0.25, 0.3) is 0 Å². The van der Waals surface area contributed by atoms with Crippen molar-refractivity contribution in [2.45, 2.75) is 0 Å². The van der Waals surface area contributed by atoms with E-state index in [9.17, 15) is 15.0 Å². The summed E-state index contributed by atoms with van der Waals surface area (Å²) in [6.07, 6.45) is 2.40. The van der Waals surface area contributed by atoms with E-state index in [-0.39, 0.29) is 17.3 Å². The SMILES string of the molecule is O=CC1=C(c2cc(Br)c(O)c(Br)c2)/C(=C/c2cc(Br)c(O)c(Br)c2)O1. The Labute approximate surface area is 176 Å². The zero-order valence-electron chi connectivity index (χ0n) is 12.2. The number of aldehydes is 1. The van der Waals surface area contributed by atoms with E-state index in [1.807, 2.05) is 0 Å². The summed E-state index contributed by atoms with van der Waals surface area (Å²) in [5, 5.41) is 19.7. The number of benzene rings is 2. The van der Waals surface area contributed by atoms with Gasteiger partial charge in [0.05, 0.1) is 23.5 Å². The van der Waals surface area contributed by atoms with E-state index in [1.165, 1.54) is 0 Å². The van der Waals surface area contributed by atoms with Crippen LogP contribution in [0.2, 0.25) is 0 Å². The highest BCUT2D eigenvalue weighted by Gasteiger charge is 2.28. The number of ether oxygens (including phenoxy) is 1. The quantitative estimate of drug-likeness (QED) is 0.419. The molecule has 0 aliphatic carbocycles. The molecule has 1 heterocycles. The van der Waals surface area contributed by atoms with Crippen molar-refractivity contribution in [2.24, 2.45) is 0 Å². The van der Waals surface area contributed by atoms with Gasteiger partial charge in [-0.2, -0.15) is 0 Å². The average Bonchev–Trinajstić information content (AvgIpc) is 2.53. The third-order valence-electron chi connectivity index (χ3n) is 3.46. The molecule has 0 atom stereocenters. The van der Waals surface area contributed by atoms with E-state index in [0.717, 1.165) is 5.56 Å². The molecule has 0 bridgehead atoms. The second-order valence-corrected chi connectivity index (χ2v) is 8.51. The lowest BCUT2D eigenvalue weighted by molar-refractivity contribution is -0.107. The second-order valence-electron chi connectivity index (χ2n) is 5.09. The van der Waals surface area contributed by atoms with Crippen molar-refractivity contribution in [2.75, 3.05) is 0 Å². The number of carbonyl (C=O) groups excluding carboxylic acids is 1. The summed E-state index contributed by atoms with van der Waals surface area (Å²) >= 11 is 13.1. The molecule has 8 heteroatoms. The molecule has 4 nitrogen and oxygen atoms in total. The Morgan fingerprint density at radius 3 is 1.80 bits per heavy atom. The van der Waals surface area contributed by atoms with Gasteiger partial charge in [-0.05, 0) is 105 Å². The van der Waals surface area contributed by atoms with Crippen molar-refractivity contribution in [3.05, 3.63) is 64.8 Å². The van der Waals surface area contributed by atoms with Gasteiger partial charge in [0.1, 0.15) is 17.3 Å². The average molecular weight is 596 g/mol. The van der Waals surface area contributed by atoms with Gasteiger partial charge in [-0.1, -0.05) is 0 Å². The van der Waals surface area contributed by atoms with E-state index in [4.69, 9.17) is 4.74 Å². The van der Waals surface area contributed by atoms with Crippen LogP contribution in [-0.2, 0) is 9.53 Å². The van der Waals surface area contributed by atoms with Gasteiger partial charge in [0, 0.05) is 0 Å². The monoisotopic (exact) mass is 592 g/mol. The molecular formula is C17H8Br4O4. The van der Waals surface area contributed by atoms with Gasteiger partial charge in [-0.25, -0.2) is 0 Å². The van der Waals surface area contributed by atoms with Crippen LogP contribution < -0.4 is 0 Å². The fourth-order valence-electron chi connectivity index (χ4n) is 2.29. The van der Waals surface area contributed by atoms with Gasteiger partial charge in [0.2, 0.25) is 0 Å². The first-order chi connectivity index (χ1) is 11.8. The lowest BCUT2D eigenvalue weighted by atomic mass is 9.97. The first-order valence-corrected chi connectivity index (χ1v) is 9.94. The molecule has 2 aromatic carbocycles. The standard InChI is InChI=1S/C17H8Br4O4/c18-9-1-7(2-10(19)16(9)23)3-13-15(14(6-22)25-13)8-4-11(20)17(24)12(21)5-8/h1-6,23-24H/b13-3-. The maximum Gasteiger partial charge on any atom is 0.186 e. The number of hydrogen-bond donors (Lipinski definition) is 2. The Bertz CT molecular complexity index is 917. The van der Waals surface area contributed by atoms with Crippen molar-refractivity contribution >= 4 is 81.7 Å². The summed E-state index contributed by atoms with van der Waals surface area (Å²) < 4.78 is 7.52. The number of aromatic hydroxyl groups is 2. The van der Waals surface area contributed by atoms with Crippen LogP contribution in [0.15, 0.2) is 53.7 Å². The smallest absolute Gasteiger partial charge is 0.186 e. The van der Waals surface area contributed by atoms with E-state index in [1.54, 1.807) is 30.3 Å². The highest BCUT2D eigenvalue weighted by molar-refractivity contribution is 9.11. The third-order valence-corrected chi connectivity index (χ3v) is 5.88. The first-order valence-electron chi connectivity index (χ1n) is 6.77. The Kier molecular flexibility index (Phi) is 5.43. The number of phenols is 2. The molecule has 0 unspecified atom stereocenters. The Balaban J connectivity index is 2.08. The predicted octanol–water partition coefficient (Wildman–Crippen LogP) is 6.13. The fraction of sp³-hybridized carbons (Fsp3) is 0. The molecule has 2 N–H and O–H groups in total. The molecule has 0 fully saturated rings. The molecule has 0 saturated heterocycles. The number of rotatable bonds is 3. The minimum Gasteiger partial charge on any atom is -0.506 e. The first kappa shape index (κ1) is 18.7. The minimum atomic E-state index is 0.0779. The van der Waals surface area contributed by atoms with Crippen molar-refractivity contribution in [1.82, 2.24) is 0 Å². The molecule has 0 spiro atoms. The number of phenolic OH excluding ortho intramolecular Hbond substituents is 2. The summed E-state index contributed by atoms with van der Waals surface area (Å²) in [6, 6.07) is 6.88. The largest absolute Gasteiger partial charge is 0.506 e. The molecule has 0 radical (unpaired) electrons. The normalized spacial score (nSPS) is 15.1. The lowest BCUT2D eigenvalue weighted by Gasteiger charge is -2.25. The number of hydrogen-bond acceptors (Lipinski definition) is 4. The zero-order valence-corrected chi connectivity index (χ0v) is 18.5. The number of allylic oxidation sites excluding steroid dienone is 2. The lowest BCUT2D eigenvalue weighted by Crippen LogP contribution is -2.12. The summed E-state index contributed by atoms with van der Waals surface area (Å²) in [4.78, 5) is 11.2. The minimum absolute atomic E-state index is 0.0779. The van der Waals surface area contributed by atoms with E-state index < -0.39 is 0 Å². The Morgan fingerprint density at radius 2 is 1.32 bits per heavy atom. The van der Waals surface area contributed by atoms with E-state index >= 15 is 0 Å². The molecule has 0 saturated carbocycles. The van der Waals surface area contributed by atoms with Crippen molar-refractivity contribution in [1.29, 1.82) is 0 Å². The Morgan fingerprint density at radius 1 is 0.840 bits per heavy atom. The highest BCUT2D eigenvalue weighted by Crippen LogP contribution is 2.44. The molecule has 2 aromatic rings. The number of carbonyl (C=O) groups is 1. The van der Waals surface area contributed by atoms with Crippen LogP contribution in [0, 0.1) is 0 Å². The Hall–Kier alpha value is -1.09. The van der Waals surface area contributed by atoms with Crippen LogP contribution in [0.1, 0.15) is 11.1 Å². The molecule has 25 heavy (non-hydrogen) atoms. The molecule has 3 rings (SSSR count). The van der Waals surface area contributed by atoms with Crippen LogP contribution >= 0.6 is 63.7 Å². The molecule has 1 aliphatic rings.